The van der Waals surface area contributed by atoms with Gasteiger partial charge in [0.15, 0.2) is 0 Å². The van der Waals surface area contributed by atoms with E-state index in [0.29, 0.717) is 12.1 Å². The molecule has 0 radical (unpaired) electrons. The fourth-order valence-corrected chi connectivity index (χ4v) is 1.60. The third-order valence-electron chi connectivity index (χ3n) is 2.86. The zero-order valence-corrected chi connectivity index (χ0v) is 8.55. The van der Waals surface area contributed by atoms with Crippen LogP contribution in [0.5, 0.6) is 0 Å². The van der Waals surface area contributed by atoms with Crippen molar-refractivity contribution >= 4 is 0 Å². The van der Waals surface area contributed by atoms with Crippen LogP contribution in [-0.4, -0.2) is 37.2 Å². The summed E-state index contributed by atoms with van der Waals surface area (Å²) in [6.45, 7) is 6.58. The Morgan fingerprint density at radius 2 is 2.33 bits per heavy atom. The van der Waals surface area contributed by atoms with Crippen molar-refractivity contribution in [2.75, 3.05) is 20.2 Å². The minimum Gasteiger partial charge on any atom is -0.377 e. The summed E-state index contributed by atoms with van der Waals surface area (Å²) in [5.41, 5.74) is 0. The van der Waals surface area contributed by atoms with Crippen molar-refractivity contribution in [2.24, 2.45) is 0 Å². The molecule has 0 N–H and O–H groups in total. The van der Waals surface area contributed by atoms with E-state index < -0.39 is 0 Å². The quantitative estimate of drug-likeness (QED) is 0.640. The normalized spacial score (nSPS) is 26.5. The zero-order valence-electron chi connectivity index (χ0n) is 8.55. The van der Waals surface area contributed by atoms with E-state index in [1.807, 2.05) is 0 Å². The van der Waals surface area contributed by atoms with Crippen molar-refractivity contribution in [3.8, 4) is 0 Å². The lowest BCUT2D eigenvalue weighted by Gasteiger charge is -2.25. The molecule has 12 heavy (non-hydrogen) atoms. The van der Waals surface area contributed by atoms with E-state index in [2.05, 4.69) is 25.8 Å². The first-order valence-electron chi connectivity index (χ1n) is 5.06. The summed E-state index contributed by atoms with van der Waals surface area (Å²) in [5, 5.41) is 0. The molecule has 0 bridgehead atoms. The number of likely N-dealkylation sites (N-methyl/N-ethyl adjacent to an activating group) is 1. The van der Waals surface area contributed by atoms with Gasteiger partial charge in [0.2, 0.25) is 0 Å². The Morgan fingerprint density at radius 3 is 2.83 bits per heavy atom. The third-order valence-corrected chi connectivity index (χ3v) is 2.86. The Balaban J connectivity index is 2.19. The SMILES string of the molecule is CCC(C)N(C)CC1CCCO1. The molecule has 0 spiro atoms. The molecule has 2 unspecified atom stereocenters. The van der Waals surface area contributed by atoms with Gasteiger partial charge in [0, 0.05) is 19.2 Å². The molecule has 0 aromatic carbocycles. The van der Waals surface area contributed by atoms with E-state index in [4.69, 9.17) is 4.74 Å². The van der Waals surface area contributed by atoms with Gasteiger partial charge in [-0.2, -0.15) is 0 Å². The largest absolute Gasteiger partial charge is 0.377 e. The number of hydrogen-bond donors (Lipinski definition) is 0. The molecule has 1 rings (SSSR count). The number of nitrogens with zero attached hydrogens (tertiary/aromatic N) is 1. The van der Waals surface area contributed by atoms with Gasteiger partial charge in [-0.05, 0) is 33.2 Å². The molecule has 2 heteroatoms. The Morgan fingerprint density at radius 1 is 1.58 bits per heavy atom. The summed E-state index contributed by atoms with van der Waals surface area (Å²) in [4.78, 5) is 2.40. The van der Waals surface area contributed by atoms with E-state index in [0.717, 1.165) is 13.2 Å². The highest BCUT2D eigenvalue weighted by molar-refractivity contribution is 4.71. The van der Waals surface area contributed by atoms with Crippen LogP contribution < -0.4 is 0 Å². The second-order valence-corrected chi connectivity index (χ2v) is 3.83. The van der Waals surface area contributed by atoms with Gasteiger partial charge in [0.1, 0.15) is 0 Å². The Bertz CT molecular complexity index is 121. The van der Waals surface area contributed by atoms with Gasteiger partial charge in [-0.25, -0.2) is 0 Å². The first kappa shape index (κ1) is 10.0. The Kier molecular flexibility index (Phi) is 4.02. The third kappa shape index (κ3) is 2.76. The molecule has 1 aliphatic heterocycles. The van der Waals surface area contributed by atoms with Crippen LogP contribution in [-0.2, 0) is 4.74 Å². The van der Waals surface area contributed by atoms with Gasteiger partial charge in [-0.1, -0.05) is 6.92 Å². The molecule has 0 aliphatic carbocycles. The maximum absolute atomic E-state index is 5.58. The van der Waals surface area contributed by atoms with Crippen LogP contribution in [0.2, 0.25) is 0 Å². The summed E-state index contributed by atoms with van der Waals surface area (Å²) in [5.74, 6) is 0. The van der Waals surface area contributed by atoms with Gasteiger partial charge in [0.05, 0.1) is 6.10 Å². The summed E-state index contributed by atoms with van der Waals surface area (Å²) >= 11 is 0. The summed E-state index contributed by atoms with van der Waals surface area (Å²) in [6, 6.07) is 0.689. The van der Waals surface area contributed by atoms with Crippen molar-refractivity contribution in [3.05, 3.63) is 0 Å². The van der Waals surface area contributed by atoms with Crippen LogP contribution in [0.25, 0.3) is 0 Å². The lowest BCUT2D eigenvalue weighted by Crippen LogP contribution is -2.35. The molecule has 2 nitrogen and oxygen atoms in total. The van der Waals surface area contributed by atoms with Crippen LogP contribution >= 0.6 is 0 Å². The molecule has 0 saturated carbocycles. The zero-order chi connectivity index (χ0) is 8.97. The molecule has 0 amide bonds. The second kappa shape index (κ2) is 4.83. The van der Waals surface area contributed by atoms with E-state index in [9.17, 15) is 0 Å². The van der Waals surface area contributed by atoms with E-state index in [1.54, 1.807) is 0 Å². The standard InChI is InChI=1S/C10H21NO/c1-4-9(2)11(3)8-10-6-5-7-12-10/h9-10H,4-8H2,1-3H3. The van der Waals surface area contributed by atoms with Crippen molar-refractivity contribution in [2.45, 2.75) is 45.3 Å². The smallest absolute Gasteiger partial charge is 0.0702 e. The molecule has 1 fully saturated rings. The second-order valence-electron chi connectivity index (χ2n) is 3.83. The predicted octanol–water partition coefficient (Wildman–Crippen LogP) is 1.90. The van der Waals surface area contributed by atoms with E-state index in [-0.39, 0.29) is 0 Å². The van der Waals surface area contributed by atoms with Gasteiger partial charge in [-0.3, -0.25) is 0 Å². The summed E-state index contributed by atoms with van der Waals surface area (Å²) in [6.07, 6.45) is 4.23. The van der Waals surface area contributed by atoms with Crippen LogP contribution in [0.3, 0.4) is 0 Å². The molecule has 0 aromatic heterocycles. The Hall–Kier alpha value is -0.0800. The van der Waals surface area contributed by atoms with Crippen molar-refractivity contribution in [1.82, 2.24) is 4.90 Å². The highest BCUT2D eigenvalue weighted by atomic mass is 16.5. The first-order valence-corrected chi connectivity index (χ1v) is 5.06. The fraction of sp³-hybridized carbons (Fsp3) is 1.00. The van der Waals surface area contributed by atoms with Gasteiger partial charge in [0.25, 0.3) is 0 Å². The average molecular weight is 171 g/mol. The first-order chi connectivity index (χ1) is 5.74. The van der Waals surface area contributed by atoms with E-state index in [1.165, 1.54) is 19.3 Å². The topological polar surface area (TPSA) is 12.5 Å². The molecule has 1 saturated heterocycles. The van der Waals surface area contributed by atoms with Crippen LogP contribution in [0.1, 0.15) is 33.1 Å². The molecule has 72 valence electrons. The molecule has 1 aliphatic rings. The highest BCUT2D eigenvalue weighted by Gasteiger charge is 2.18. The maximum atomic E-state index is 5.58. The van der Waals surface area contributed by atoms with Crippen molar-refractivity contribution < 1.29 is 4.74 Å². The minimum absolute atomic E-state index is 0.504. The number of hydrogen-bond acceptors (Lipinski definition) is 2. The van der Waals surface area contributed by atoms with Gasteiger partial charge < -0.3 is 9.64 Å². The number of ether oxygens (including phenoxy) is 1. The number of rotatable bonds is 4. The van der Waals surface area contributed by atoms with Crippen LogP contribution in [0.15, 0.2) is 0 Å². The maximum Gasteiger partial charge on any atom is 0.0702 e. The molecule has 0 aromatic rings. The van der Waals surface area contributed by atoms with Crippen LogP contribution in [0.4, 0.5) is 0 Å². The summed E-state index contributed by atoms with van der Waals surface area (Å²) in [7, 11) is 2.19. The Labute approximate surface area is 75.9 Å². The minimum atomic E-state index is 0.504. The monoisotopic (exact) mass is 171 g/mol. The average Bonchev–Trinajstić information content (AvgIpc) is 2.55. The lowest BCUT2D eigenvalue weighted by molar-refractivity contribution is 0.0699. The van der Waals surface area contributed by atoms with Crippen molar-refractivity contribution in [3.63, 3.8) is 0 Å². The van der Waals surface area contributed by atoms with E-state index >= 15 is 0 Å². The fourth-order valence-electron chi connectivity index (χ4n) is 1.60. The molecular formula is C10H21NO. The summed E-state index contributed by atoms with van der Waals surface area (Å²) < 4.78 is 5.58. The molecule has 1 heterocycles. The highest BCUT2D eigenvalue weighted by Crippen LogP contribution is 2.14. The molecule has 2 atom stereocenters. The lowest BCUT2D eigenvalue weighted by atomic mass is 10.2. The molecular weight excluding hydrogens is 150 g/mol. The van der Waals surface area contributed by atoms with Gasteiger partial charge >= 0.3 is 0 Å². The predicted molar refractivity (Wildman–Crippen MR) is 51.4 cm³/mol. The van der Waals surface area contributed by atoms with Crippen LogP contribution in [0, 0.1) is 0 Å². The van der Waals surface area contributed by atoms with Crippen molar-refractivity contribution in [1.29, 1.82) is 0 Å². The van der Waals surface area contributed by atoms with Gasteiger partial charge in [-0.15, -0.1) is 0 Å².